The number of benzene rings is 1. The van der Waals surface area contributed by atoms with E-state index in [4.69, 9.17) is 4.74 Å². The lowest BCUT2D eigenvalue weighted by atomic mass is 9.79. The molecule has 0 bridgehead atoms. The Morgan fingerprint density at radius 1 is 1.08 bits per heavy atom. The maximum Gasteiger partial charge on any atom is 0.220 e. The van der Waals surface area contributed by atoms with Crippen molar-refractivity contribution in [3.63, 3.8) is 0 Å². The second kappa shape index (κ2) is 8.10. The van der Waals surface area contributed by atoms with E-state index >= 15 is 0 Å². The highest BCUT2D eigenvalue weighted by molar-refractivity contribution is 5.76. The van der Waals surface area contributed by atoms with Crippen LogP contribution < -0.4 is 5.32 Å². The van der Waals surface area contributed by atoms with Crippen molar-refractivity contribution < 1.29 is 9.53 Å². The van der Waals surface area contributed by atoms with Crippen LogP contribution in [0, 0.1) is 5.92 Å². The molecule has 0 aromatic heterocycles. The molecule has 0 unspecified atom stereocenters. The Morgan fingerprint density at radius 2 is 1.73 bits per heavy atom. The molecule has 2 fully saturated rings. The summed E-state index contributed by atoms with van der Waals surface area (Å²) in [5.74, 6) is 0.708. The number of carbonyl (C=O) groups is 1. The van der Waals surface area contributed by atoms with Gasteiger partial charge >= 0.3 is 0 Å². The fourth-order valence-corrected chi connectivity index (χ4v) is 5.24. The van der Waals surface area contributed by atoms with Gasteiger partial charge in [-0.2, -0.15) is 0 Å². The van der Waals surface area contributed by atoms with Crippen LogP contribution in [-0.4, -0.2) is 49.2 Å². The molecule has 1 N–H and O–H groups in total. The van der Waals surface area contributed by atoms with Crippen LogP contribution in [0.25, 0.3) is 0 Å². The Balaban J connectivity index is 1.32. The summed E-state index contributed by atoms with van der Waals surface area (Å²) in [6, 6.07) is 8.64. The van der Waals surface area contributed by atoms with Gasteiger partial charge in [-0.25, -0.2) is 0 Å². The Morgan fingerprint density at radius 3 is 2.38 bits per heavy atom. The molecule has 1 amide bonds. The molecule has 0 atom stereocenters. The van der Waals surface area contributed by atoms with E-state index in [1.165, 1.54) is 43.2 Å². The fourth-order valence-electron chi connectivity index (χ4n) is 5.24. The third-order valence-corrected chi connectivity index (χ3v) is 6.69. The summed E-state index contributed by atoms with van der Waals surface area (Å²) in [7, 11) is 0. The van der Waals surface area contributed by atoms with Crippen molar-refractivity contribution in [1.82, 2.24) is 10.2 Å². The van der Waals surface area contributed by atoms with Crippen LogP contribution in [0.1, 0.15) is 49.7 Å². The van der Waals surface area contributed by atoms with Crippen LogP contribution in [0.4, 0.5) is 0 Å². The van der Waals surface area contributed by atoms with Crippen molar-refractivity contribution in [3.8, 4) is 0 Å². The van der Waals surface area contributed by atoms with Gasteiger partial charge in [0.1, 0.15) is 0 Å². The molecule has 4 rings (SSSR count). The number of hydrogen-bond acceptors (Lipinski definition) is 3. The second-order valence-electron chi connectivity index (χ2n) is 8.41. The number of nitrogens with zero attached hydrogens (tertiary/aromatic N) is 1. The predicted octanol–water partition coefficient (Wildman–Crippen LogP) is 2.94. The van der Waals surface area contributed by atoms with E-state index in [0.717, 1.165) is 45.7 Å². The Labute approximate surface area is 157 Å². The smallest absolute Gasteiger partial charge is 0.220 e. The number of nitrogens with one attached hydrogen (secondary N) is 1. The molecule has 1 aliphatic heterocycles. The maximum absolute atomic E-state index is 12.7. The van der Waals surface area contributed by atoms with E-state index in [0.29, 0.717) is 12.3 Å². The van der Waals surface area contributed by atoms with Gasteiger partial charge < -0.3 is 10.1 Å². The zero-order valence-corrected chi connectivity index (χ0v) is 15.8. The van der Waals surface area contributed by atoms with Crippen LogP contribution >= 0.6 is 0 Å². The van der Waals surface area contributed by atoms with E-state index in [9.17, 15) is 4.79 Å². The lowest BCUT2D eigenvalue weighted by Crippen LogP contribution is -2.59. The Hall–Kier alpha value is -1.39. The van der Waals surface area contributed by atoms with Crippen LogP contribution in [0.2, 0.25) is 0 Å². The summed E-state index contributed by atoms with van der Waals surface area (Å²) < 4.78 is 5.55. The number of hydrogen-bond donors (Lipinski definition) is 1. The van der Waals surface area contributed by atoms with E-state index in [2.05, 4.69) is 34.5 Å². The number of morpholine rings is 1. The van der Waals surface area contributed by atoms with Crippen molar-refractivity contribution in [3.05, 3.63) is 35.4 Å². The third-order valence-electron chi connectivity index (χ3n) is 6.69. The fraction of sp³-hybridized carbons (Fsp3) is 0.682. The van der Waals surface area contributed by atoms with Gasteiger partial charge in [0, 0.05) is 31.6 Å². The molecule has 2 aliphatic carbocycles. The van der Waals surface area contributed by atoms with Crippen molar-refractivity contribution in [2.24, 2.45) is 5.92 Å². The summed E-state index contributed by atoms with van der Waals surface area (Å²) in [6.45, 7) is 4.49. The SMILES string of the molecule is O=C(CC1Cc2ccccc2C1)NCC1(N2CCOCC2)CCCCC1. The van der Waals surface area contributed by atoms with Crippen LogP contribution in [0.15, 0.2) is 24.3 Å². The number of rotatable bonds is 5. The van der Waals surface area contributed by atoms with Gasteiger partial charge in [-0.1, -0.05) is 43.5 Å². The molecule has 142 valence electrons. The van der Waals surface area contributed by atoms with Crippen LogP contribution in [0.5, 0.6) is 0 Å². The summed E-state index contributed by atoms with van der Waals surface area (Å²) in [5, 5.41) is 3.32. The van der Waals surface area contributed by atoms with Gasteiger partial charge in [0.15, 0.2) is 0 Å². The molecule has 1 saturated heterocycles. The molecule has 4 heteroatoms. The average molecular weight is 357 g/mol. The van der Waals surface area contributed by atoms with Crippen molar-refractivity contribution in [1.29, 1.82) is 0 Å². The standard InChI is InChI=1S/C22H32N2O2/c25-21(16-18-14-19-6-2-3-7-20(19)15-18)23-17-22(8-4-1-5-9-22)24-10-12-26-13-11-24/h2-3,6-7,18H,1,4-5,8-17H2,(H,23,25). The molecule has 0 radical (unpaired) electrons. The van der Waals surface area contributed by atoms with E-state index in [1.54, 1.807) is 0 Å². The number of fused-ring (bicyclic) bond motifs is 1. The van der Waals surface area contributed by atoms with E-state index < -0.39 is 0 Å². The largest absolute Gasteiger partial charge is 0.379 e. The van der Waals surface area contributed by atoms with Gasteiger partial charge in [0.25, 0.3) is 0 Å². The van der Waals surface area contributed by atoms with Crippen LogP contribution in [0.3, 0.4) is 0 Å². The molecule has 0 spiro atoms. The molecule has 1 saturated carbocycles. The first kappa shape index (κ1) is 18.0. The summed E-state index contributed by atoms with van der Waals surface area (Å²) in [6.07, 6.45) is 9.09. The average Bonchev–Trinajstić information content (AvgIpc) is 3.10. The number of ether oxygens (including phenoxy) is 1. The van der Waals surface area contributed by atoms with Gasteiger partial charge in [-0.05, 0) is 42.7 Å². The molecule has 1 heterocycles. The molecular weight excluding hydrogens is 324 g/mol. The third kappa shape index (κ3) is 3.96. The van der Waals surface area contributed by atoms with Crippen molar-refractivity contribution in [2.75, 3.05) is 32.8 Å². The molecule has 1 aromatic carbocycles. The monoisotopic (exact) mass is 356 g/mol. The summed E-state index contributed by atoms with van der Waals surface area (Å²) in [4.78, 5) is 15.3. The zero-order valence-electron chi connectivity index (χ0n) is 15.8. The van der Waals surface area contributed by atoms with Gasteiger partial charge in [0.05, 0.1) is 13.2 Å². The zero-order chi connectivity index (χ0) is 17.8. The molecule has 4 nitrogen and oxygen atoms in total. The highest BCUT2D eigenvalue weighted by Gasteiger charge is 2.39. The quantitative estimate of drug-likeness (QED) is 0.882. The van der Waals surface area contributed by atoms with Gasteiger partial charge in [-0.15, -0.1) is 0 Å². The number of amides is 1. The summed E-state index contributed by atoms with van der Waals surface area (Å²) >= 11 is 0. The van der Waals surface area contributed by atoms with Crippen LogP contribution in [-0.2, 0) is 22.4 Å². The molecule has 1 aromatic rings. The lowest BCUT2D eigenvalue weighted by Gasteiger charge is -2.48. The maximum atomic E-state index is 12.7. The first-order chi connectivity index (χ1) is 12.8. The summed E-state index contributed by atoms with van der Waals surface area (Å²) in [5.41, 5.74) is 3.03. The topological polar surface area (TPSA) is 41.6 Å². The first-order valence-electron chi connectivity index (χ1n) is 10.4. The minimum atomic E-state index is 0.163. The molecular formula is C22H32N2O2. The minimum Gasteiger partial charge on any atom is -0.379 e. The van der Waals surface area contributed by atoms with Crippen molar-refractivity contribution in [2.45, 2.75) is 56.9 Å². The normalized spacial score (nSPS) is 23.5. The lowest BCUT2D eigenvalue weighted by molar-refractivity contribution is -0.123. The highest BCUT2D eigenvalue weighted by atomic mass is 16.5. The number of carbonyl (C=O) groups excluding carboxylic acids is 1. The highest BCUT2D eigenvalue weighted by Crippen LogP contribution is 2.34. The molecule has 26 heavy (non-hydrogen) atoms. The van der Waals surface area contributed by atoms with E-state index in [1.807, 2.05) is 0 Å². The van der Waals surface area contributed by atoms with E-state index in [-0.39, 0.29) is 11.4 Å². The van der Waals surface area contributed by atoms with Gasteiger partial charge in [0.2, 0.25) is 5.91 Å². The Kier molecular flexibility index (Phi) is 5.60. The van der Waals surface area contributed by atoms with Crippen molar-refractivity contribution >= 4 is 5.91 Å². The molecule has 3 aliphatic rings. The second-order valence-corrected chi connectivity index (χ2v) is 8.41. The first-order valence-corrected chi connectivity index (χ1v) is 10.4. The van der Waals surface area contributed by atoms with Gasteiger partial charge in [-0.3, -0.25) is 9.69 Å². The Bertz CT molecular complexity index is 593. The minimum absolute atomic E-state index is 0.163. The predicted molar refractivity (Wildman–Crippen MR) is 103 cm³/mol.